The summed E-state index contributed by atoms with van der Waals surface area (Å²) in [6, 6.07) is 12.2. The first kappa shape index (κ1) is 10.1. The summed E-state index contributed by atoms with van der Waals surface area (Å²) in [5.74, 6) is 0. The summed E-state index contributed by atoms with van der Waals surface area (Å²) < 4.78 is 0. The molecule has 3 rings (SSSR count). The molecule has 0 atom stereocenters. The Morgan fingerprint density at radius 3 is 2.69 bits per heavy atom. The van der Waals surface area contributed by atoms with Gasteiger partial charge in [-0.25, -0.2) is 0 Å². The molecule has 0 unspecified atom stereocenters. The fraction of sp³-hybridized carbons (Fsp3) is 0.286. The van der Waals surface area contributed by atoms with Gasteiger partial charge in [-0.3, -0.25) is 0 Å². The van der Waals surface area contributed by atoms with Gasteiger partial charge >= 0.3 is 0 Å². The standard InChI is InChI=1S/C14H13ClO/c15-13-3-1-2-10-8-11(4-5-12(10)13)14(9-16)6-7-14/h1-5,8,16H,6-7,9H2. The first-order valence-corrected chi connectivity index (χ1v) is 5.93. The molecule has 0 saturated heterocycles. The lowest BCUT2D eigenvalue weighted by Crippen LogP contribution is -2.11. The van der Waals surface area contributed by atoms with Gasteiger partial charge in [0, 0.05) is 15.8 Å². The van der Waals surface area contributed by atoms with Gasteiger partial charge in [0.1, 0.15) is 0 Å². The molecular weight excluding hydrogens is 220 g/mol. The Morgan fingerprint density at radius 1 is 1.19 bits per heavy atom. The smallest absolute Gasteiger partial charge is 0.0527 e. The van der Waals surface area contributed by atoms with Gasteiger partial charge in [-0.1, -0.05) is 41.9 Å². The van der Waals surface area contributed by atoms with Crippen molar-refractivity contribution in [3.63, 3.8) is 0 Å². The fourth-order valence-electron chi connectivity index (χ4n) is 2.26. The van der Waals surface area contributed by atoms with Crippen LogP contribution in [0.3, 0.4) is 0 Å². The monoisotopic (exact) mass is 232 g/mol. The summed E-state index contributed by atoms with van der Waals surface area (Å²) in [6.07, 6.45) is 2.19. The van der Waals surface area contributed by atoms with Crippen LogP contribution in [0.1, 0.15) is 18.4 Å². The van der Waals surface area contributed by atoms with Gasteiger partial charge in [0.05, 0.1) is 6.61 Å². The van der Waals surface area contributed by atoms with Crippen LogP contribution in [0.2, 0.25) is 5.02 Å². The van der Waals surface area contributed by atoms with Crippen molar-refractivity contribution >= 4 is 22.4 Å². The lowest BCUT2D eigenvalue weighted by atomic mass is 9.94. The quantitative estimate of drug-likeness (QED) is 0.840. The van der Waals surface area contributed by atoms with Crippen LogP contribution in [0, 0.1) is 0 Å². The number of hydrogen-bond acceptors (Lipinski definition) is 1. The second kappa shape index (κ2) is 3.47. The molecule has 82 valence electrons. The largest absolute Gasteiger partial charge is 0.395 e. The van der Waals surface area contributed by atoms with E-state index in [1.54, 1.807) is 0 Å². The minimum absolute atomic E-state index is 0.0382. The fourth-order valence-corrected chi connectivity index (χ4v) is 2.51. The van der Waals surface area contributed by atoms with Crippen LogP contribution in [-0.2, 0) is 5.41 Å². The molecule has 1 aliphatic rings. The topological polar surface area (TPSA) is 20.2 Å². The first-order valence-electron chi connectivity index (χ1n) is 5.55. The normalized spacial score (nSPS) is 17.6. The van der Waals surface area contributed by atoms with E-state index in [-0.39, 0.29) is 12.0 Å². The van der Waals surface area contributed by atoms with E-state index < -0.39 is 0 Å². The highest BCUT2D eigenvalue weighted by Gasteiger charge is 2.43. The Balaban J connectivity index is 2.17. The van der Waals surface area contributed by atoms with Crippen LogP contribution >= 0.6 is 11.6 Å². The molecule has 1 aliphatic carbocycles. The van der Waals surface area contributed by atoms with Crippen molar-refractivity contribution in [1.82, 2.24) is 0 Å². The number of aliphatic hydroxyl groups is 1. The van der Waals surface area contributed by atoms with Crippen LogP contribution in [0.5, 0.6) is 0 Å². The van der Waals surface area contributed by atoms with E-state index in [9.17, 15) is 5.11 Å². The third-order valence-corrected chi connectivity index (χ3v) is 3.93. The number of rotatable bonds is 2. The second-order valence-corrected chi connectivity index (χ2v) is 5.02. The number of halogens is 1. The molecule has 16 heavy (non-hydrogen) atoms. The van der Waals surface area contributed by atoms with Crippen LogP contribution < -0.4 is 0 Å². The lowest BCUT2D eigenvalue weighted by Gasteiger charge is -2.13. The Labute approximate surface area is 99.7 Å². The highest BCUT2D eigenvalue weighted by atomic mass is 35.5. The molecule has 1 fully saturated rings. The van der Waals surface area contributed by atoms with Crippen molar-refractivity contribution in [3.8, 4) is 0 Å². The summed E-state index contributed by atoms with van der Waals surface area (Å²) >= 11 is 6.12. The van der Waals surface area contributed by atoms with Gasteiger partial charge in [-0.05, 0) is 29.9 Å². The first-order chi connectivity index (χ1) is 7.75. The van der Waals surface area contributed by atoms with Gasteiger partial charge in [0.25, 0.3) is 0 Å². The lowest BCUT2D eigenvalue weighted by molar-refractivity contribution is 0.255. The number of hydrogen-bond donors (Lipinski definition) is 1. The molecule has 1 nitrogen and oxygen atoms in total. The summed E-state index contributed by atoms with van der Waals surface area (Å²) in [5, 5.41) is 12.4. The van der Waals surface area contributed by atoms with Crippen molar-refractivity contribution in [2.75, 3.05) is 6.61 Å². The van der Waals surface area contributed by atoms with Crippen LogP contribution in [0.4, 0.5) is 0 Å². The summed E-state index contributed by atoms with van der Waals surface area (Å²) in [5.41, 5.74) is 1.28. The molecule has 1 saturated carbocycles. The van der Waals surface area contributed by atoms with Crippen molar-refractivity contribution in [2.45, 2.75) is 18.3 Å². The van der Waals surface area contributed by atoms with E-state index in [0.717, 1.165) is 28.6 Å². The van der Waals surface area contributed by atoms with Crippen molar-refractivity contribution in [3.05, 3.63) is 47.0 Å². The Kier molecular flexibility index (Phi) is 2.20. The van der Waals surface area contributed by atoms with Crippen molar-refractivity contribution in [1.29, 1.82) is 0 Å². The van der Waals surface area contributed by atoms with E-state index in [1.165, 1.54) is 5.56 Å². The molecule has 0 radical (unpaired) electrons. The van der Waals surface area contributed by atoms with Crippen LogP contribution in [0.25, 0.3) is 10.8 Å². The zero-order valence-electron chi connectivity index (χ0n) is 8.91. The molecule has 0 heterocycles. The number of fused-ring (bicyclic) bond motifs is 1. The minimum atomic E-state index is 0.0382. The third-order valence-electron chi connectivity index (χ3n) is 3.60. The van der Waals surface area contributed by atoms with E-state index in [1.807, 2.05) is 12.1 Å². The Bertz CT molecular complexity index is 543. The molecule has 1 N–H and O–H groups in total. The molecule has 2 aromatic carbocycles. The highest BCUT2D eigenvalue weighted by molar-refractivity contribution is 6.35. The minimum Gasteiger partial charge on any atom is -0.395 e. The van der Waals surface area contributed by atoms with Crippen LogP contribution in [-0.4, -0.2) is 11.7 Å². The maximum Gasteiger partial charge on any atom is 0.0527 e. The Hall–Kier alpha value is -1.05. The summed E-state index contributed by atoms with van der Waals surface area (Å²) in [6.45, 7) is 0.249. The van der Waals surface area contributed by atoms with E-state index in [4.69, 9.17) is 11.6 Å². The average molecular weight is 233 g/mol. The van der Waals surface area contributed by atoms with Gasteiger partial charge in [0.15, 0.2) is 0 Å². The zero-order valence-corrected chi connectivity index (χ0v) is 9.67. The van der Waals surface area contributed by atoms with E-state index in [2.05, 4.69) is 24.3 Å². The van der Waals surface area contributed by atoms with Crippen LogP contribution in [0.15, 0.2) is 36.4 Å². The maximum absolute atomic E-state index is 9.41. The molecule has 2 aromatic rings. The predicted molar refractivity (Wildman–Crippen MR) is 67.0 cm³/mol. The van der Waals surface area contributed by atoms with Gasteiger partial charge in [-0.2, -0.15) is 0 Å². The molecule has 0 spiro atoms. The molecular formula is C14H13ClO. The number of benzene rings is 2. The number of aliphatic hydroxyl groups excluding tert-OH is 1. The second-order valence-electron chi connectivity index (χ2n) is 4.61. The third kappa shape index (κ3) is 1.43. The summed E-state index contributed by atoms with van der Waals surface area (Å²) in [4.78, 5) is 0. The van der Waals surface area contributed by atoms with Gasteiger partial charge in [0.2, 0.25) is 0 Å². The zero-order chi connectivity index (χ0) is 11.2. The maximum atomic E-state index is 9.41. The van der Waals surface area contributed by atoms with E-state index in [0.29, 0.717) is 0 Å². The summed E-state index contributed by atoms with van der Waals surface area (Å²) in [7, 11) is 0. The molecule has 2 heteroatoms. The molecule has 0 aliphatic heterocycles. The van der Waals surface area contributed by atoms with E-state index >= 15 is 0 Å². The molecule has 0 amide bonds. The predicted octanol–water partition coefficient (Wildman–Crippen LogP) is 3.52. The Morgan fingerprint density at radius 2 is 2.00 bits per heavy atom. The van der Waals surface area contributed by atoms with Gasteiger partial charge in [-0.15, -0.1) is 0 Å². The van der Waals surface area contributed by atoms with Crippen molar-refractivity contribution in [2.24, 2.45) is 0 Å². The highest BCUT2D eigenvalue weighted by Crippen LogP contribution is 2.48. The molecule has 0 aromatic heterocycles. The van der Waals surface area contributed by atoms with Gasteiger partial charge < -0.3 is 5.11 Å². The molecule has 0 bridgehead atoms. The average Bonchev–Trinajstić information content (AvgIpc) is 3.10. The van der Waals surface area contributed by atoms with Crippen molar-refractivity contribution < 1.29 is 5.11 Å². The SMILES string of the molecule is OCC1(c2ccc3c(Cl)cccc3c2)CC1.